The summed E-state index contributed by atoms with van der Waals surface area (Å²) in [4.78, 5) is 21.0. The fraction of sp³-hybridized carbons (Fsp3) is 0.385. The van der Waals surface area contributed by atoms with Gasteiger partial charge in [-0.3, -0.25) is 4.79 Å². The lowest BCUT2D eigenvalue weighted by Gasteiger charge is -2.23. The lowest BCUT2D eigenvalue weighted by molar-refractivity contribution is -0.127. The lowest BCUT2D eigenvalue weighted by atomic mass is 10.1. The summed E-state index contributed by atoms with van der Waals surface area (Å²) in [6, 6.07) is 2.00. The number of nitriles is 1. The third kappa shape index (κ3) is 2.85. The van der Waals surface area contributed by atoms with Crippen molar-refractivity contribution in [3.8, 4) is 11.8 Å². The van der Waals surface area contributed by atoms with E-state index < -0.39 is 0 Å². The van der Waals surface area contributed by atoms with E-state index in [-0.39, 0.29) is 30.3 Å². The molecule has 0 unspecified atom stereocenters. The Labute approximate surface area is 116 Å². The predicted molar refractivity (Wildman–Crippen MR) is 71.4 cm³/mol. The predicted octanol–water partition coefficient (Wildman–Crippen LogP) is 0.364. The SMILES string of the molecule is C=CC(=O)N1C[C@H](C#N)C[C@H]1COc1cncnc1N. The van der Waals surface area contributed by atoms with E-state index in [4.69, 9.17) is 15.7 Å². The van der Waals surface area contributed by atoms with Crippen LogP contribution >= 0.6 is 0 Å². The summed E-state index contributed by atoms with van der Waals surface area (Å²) in [6.45, 7) is 4.11. The van der Waals surface area contributed by atoms with Crippen LogP contribution in [-0.4, -0.2) is 40.0 Å². The van der Waals surface area contributed by atoms with Crippen molar-refractivity contribution in [1.82, 2.24) is 14.9 Å². The molecule has 1 aromatic heterocycles. The monoisotopic (exact) mass is 273 g/mol. The molecule has 1 saturated heterocycles. The third-order valence-electron chi connectivity index (χ3n) is 3.19. The Bertz CT molecular complexity index is 554. The average molecular weight is 273 g/mol. The van der Waals surface area contributed by atoms with Gasteiger partial charge in [-0.2, -0.15) is 5.26 Å². The smallest absolute Gasteiger partial charge is 0.246 e. The molecular weight excluding hydrogens is 258 g/mol. The molecule has 104 valence electrons. The van der Waals surface area contributed by atoms with Gasteiger partial charge in [0.2, 0.25) is 5.91 Å². The van der Waals surface area contributed by atoms with Crippen LogP contribution in [-0.2, 0) is 4.79 Å². The number of carbonyl (C=O) groups is 1. The summed E-state index contributed by atoms with van der Waals surface area (Å²) >= 11 is 0. The Morgan fingerprint density at radius 1 is 1.75 bits per heavy atom. The summed E-state index contributed by atoms with van der Waals surface area (Å²) in [7, 11) is 0. The summed E-state index contributed by atoms with van der Waals surface area (Å²) in [5, 5.41) is 8.99. The second-order valence-electron chi connectivity index (χ2n) is 4.49. The van der Waals surface area contributed by atoms with Gasteiger partial charge in [-0.05, 0) is 12.5 Å². The van der Waals surface area contributed by atoms with E-state index >= 15 is 0 Å². The van der Waals surface area contributed by atoms with E-state index in [0.29, 0.717) is 18.7 Å². The minimum absolute atomic E-state index is 0.176. The van der Waals surface area contributed by atoms with Crippen LogP contribution in [0, 0.1) is 17.2 Å². The number of carbonyl (C=O) groups excluding carboxylic acids is 1. The van der Waals surface area contributed by atoms with Crippen molar-refractivity contribution in [2.75, 3.05) is 18.9 Å². The van der Waals surface area contributed by atoms with Gasteiger partial charge in [0, 0.05) is 6.54 Å². The number of hydrogen-bond acceptors (Lipinski definition) is 6. The summed E-state index contributed by atoms with van der Waals surface area (Å²) in [6.07, 6.45) is 4.62. The van der Waals surface area contributed by atoms with Gasteiger partial charge >= 0.3 is 0 Å². The second-order valence-corrected chi connectivity index (χ2v) is 4.49. The van der Waals surface area contributed by atoms with Crippen LogP contribution in [0.1, 0.15) is 6.42 Å². The van der Waals surface area contributed by atoms with E-state index in [0.717, 1.165) is 0 Å². The molecule has 7 nitrogen and oxygen atoms in total. The van der Waals surface area contributed by atoms with Crippen LogP contribution in [0.3, 0.4) is 0 Å². The van der Waals surface area contributed by atoms with Crippen molar-refractivity contribution >= 4 is 11.7 Å². The first-order valence-corrected chi connectivity index (χ1v) is 6.16. The van der Waals surface area contributed by atoms with Gasteiger partial charge in [0.05, 0.1) is 24.2 Å². The third-order valence-corrected chi connectivity index (χ3v) is 3.19. The van der Waals surface area contributed by atoms with E-state index in [1.807, 2.05) is 0 Å². The fourth-order valence-electron chi connectivity index (χ4n) is 2.18. The first kappa shape index (κ1) is 13.8. The summed E-state index contributed by atoms with van der Waals surface area (Å²) < 4.78 is 5.55. The summed E-state index contributed by atoms with van der Waals surface area (Å²) in [5.41, 5.74) is 5.65. The van der Waals surface area contributed by atoms with Crippen molar-refractivity contribution in [3.05, 3.63) is 25.2 Å². The highest BCUT2D eigenvalue weighted by molar-refractivity contribution is 5.87. The highest BCUT2D eigenvalue weighted by atomic mass is 16.5. The van der Waals surface area contributed by atoms with Gasteiger partial charge in [0.25, 0.3) is 0 Å². The zero-order valence-electron chi connectivity index (χ0n) is 10.9. The van der Waals surface area contributed by atoms with Crippen molar-refractivity contribution in [1.29, 1.82) is 5.26 Å². The van der Waals surface area contributed by atoms with Crippen LogP contribution in [0.15, 0.2) is 25.2 Å². The molecule has 2 atom stereocenters. The maximum atomic E-state index is 11.8. The standard InChI is InChI=1S/C13H15N5O2/c1-2-12(19)18-6-9(4-14)3-10(18)7-20-11-5-16-8-17-13(11)15/h2,5,8-10H,1,3,6-7H2,(H2,15,16,17)/t9-,10-/m0/s1. The Morgan fingerprint density at radius 2 is 2.55 bits per heavy atom. The Morgan fingerprint density at radius 3 is 3.20 bits per heavy atom. The number of nitrogen functional groups attached to an aromatic ring is 1. The average Bonchev–Trinajstić information content (AvgIpc) is 2.89. The number of nitrogens with zero attached hydrogens (tertiary/aromatic N) is 4. The largest absolute Gasteiger partial charge is 0.486 e. The maximum absolute atomic E-state index is 11.8. The number of nitrogens with two attached hydrogens (primary N) is 1. The van der Waals surface area contributed by atoms with Crippen LogP contribution in [0.4, 0.5) is 5.82 Å². The molecule has 0 radical (unpaired) electrons. The van der Waals surface area contributed by atoms with E-state index in [9.17, 15) is 4.79 Å². The normalized spacial score (nSPS) is 21.2. The van der Waals surface area contributed by atoms with Crippen LogP contribution in [0.5, 0.6) is 5.75 Å². The minimum Gasteiger partial charge on any atom is -0.486 e. The van der Waals surface area contributed by atoms with Gasteiger partial charge < -0.3 is 15.4 Å². The van der Waals surface area contributed by atoms with Gasteiger partial charge in [-0.15, -0.1) is 0 Å². The molecule has 2 rings (SSSR count). The second kappa shape index (κ2) is 6.02. The number of likely N-dealkylation sites (tertiary alicyclic amines) is 1. The molecule has 0 aliphatic carbocycles. The zero-order chi connectivity index (χ0) is 14.5. The Kier molecular flexibility index (Phi) is 4.15. The molecule has 20 heavy (non-hydrogen) atoms. The number of hydrogen-bond donors (Lipinski definition) is 1. The Balaban J connectivity index is 2.03. The number of aromatic nitrogens is 2. The molecule has 1 aliphatic rings. The zero-order valence-corrected chi connectivity index (χ0v) is 10.9. The molecule has 2 heterocycles. The molecule has 2 N–H and O–H groups in total. The molecule has 0 aromatic carbocycles. The fourth-order valence-corrected chi connectivity index (χ4v) is 2.18. The van der Waals surface area contributed by atoms with E-state index in [1.54, 1.807) is 4.90 Å². The topological polar surface area (TPSA) is 105 Å². The molecule has 0 saturated carbocycles. The lowest BCUT2D eigenvalue weighted by Crippen LogP contribution is -2.38. The molecule has 0 spiro atoms. The molecule has 1 aliphatic heterocycles. The minimum atomic E-state index is -0.200. The van der Waals surface area contributed by atoms with Gasteiger partial charge in [0.1, 0.15) is 12.9 Å². The van der Waals surface area contributed by atoms with Gasteiger partial charge in [-0.1, -0.05) is 6.58 Å². The molecule has 1 fully saturated rings. The van der Waals surface area contributed by atoms with Crippen LogP contribution < -0.4 is 10.5 Å². The molecular formula is C13H15N5O2. The van der Waals surface area contributed by atoms with E-state index in [2.05, 4.69) is 22.6 Å². The number of rotatable bonds is 4. The number of amides is 1. The van der Waals surface area contributed by atoms with Crippen molar-refractivity contribution in [2.24, 2.45) is 5.92 Å². The quantitative estimate of drug-likeness (QED) is 0.794. The number of anilines is 1. The maximum Gasteiger partial charge on any atom is 0.246 e. The molecule has 1 aromatic rings. The Hall–Kier alpha value is -2.62. The highest BCUT2D eigenvalue weighted by Crippen LogP contribution is 2.25. The first-order chi connectivity index (χ1) is 9.65. The van der Waals surface area contributed by atoms with Gasteiger partial charge in [-0.25, -0.2) is 9.97 Å². The van der Waals surface area contributed by atoms with Crippen molar-refractivity contribution in [2.45, 2.75) is 12.5 Å². The molecule has 7 heteroatoms. The van der Waals surface area contributed by atoms with Crippen molar-refractivity contribution in [3.63, 3.8) is 0 Å². The number of ether oxygens (including phenoxy) is 1. The van der Waals surface area contributed by atoms with Crippen LogP contribution in [0.25, 0.3) is 0 Å². The molecule has 1 amide bonds. The van der Waals surface area contributed by atoms with Crippen LogP contribution in [0.2, 0.25) is 0 Å². The summed E-state index contributed by atoms with van der Waals surface area (Å²) in [5.74, 6) is 0.237. The molecule has 0 bridgehead atoms. The van der Waals surface area contributed by atoms with E-state index in [1.165, 1.54) is 18.6 Å². The van der Waals surface area contributed by atoms with Crippen molar-refractivity contribution < 1.29 is 9.53 Å². The highest BCUT2D eigenvalue weighted by Gasteiger charge is 2.34. The van der Waals surface area contributed by atoms with Gasteiger partial charge in [0.15, 0.2) is 11.6 Å². The first-order valence-electron chi connectivity index (χ1n) is 6.16.